The van der Waals surface area contributed by atoms with Gasteiger partial charge in [-0.15, -0.1) is 11.3 Å². The van der Waals surface area contributed by atoms with Crippen molar-refractivity contribution in [3.63, 3.8) is 0 Å². The van der Waals surface area contributed by atoms with Crippen molar-refractivity contribution >= 4 is 84.6 Å². The summed E-state index contributed by atoms with van der Waals surface area (Å²) in [4.78, 5) is 28.3. The van der Waals surface area contributed by atoms with Crippen LogP contribution in [0.25, 0.3) is 32.6 Å². The van der Waals surface area contributed by atoms with E-state index in [4.69, 9.17) is 39.2 Å². The fourth-order valence-electron chi connectivity index (χ4n) is 3.33. The highest BCUT2D eigenvalue weighted by Crippen LogP contribution is 2.40. The van der Waals surface area contributed by atoms with Crippen molar-refractivity contribution in [3.05, 3.63) is 84.7 Å². The Bertz CT molecular complexity index is 1600. The summed E-state index contributed by atoms with van der Waals surface area (Å²) in [6.45, 7) is 0. The van der Waals surface area contributed by atoms with E-state index in [1.807, 2.05) is 0 Å². The number of non-ortho nitro benzene ring substituents is 1. The van der Waals surface area contributed by atoms with Gasteiger partial charge in [0.25, 0.3) is 11.6 Å². The Balaban J connectivity index is 1.48. The number of anilines is 1. The molecule has 0 radical (unpaired) electrons. The first kappa shape index (κ1) is 21.7. The number of rotatable bonds is 4. The summed E-state index contributed by atoms with van der Waals surface area (Å²) in [6, 6.07) is 14.5. The average molecular weight is 519 g/mol. The van der Waals surface area contributed by atoms with Crippen LogP contribution in [-0.2, 0) is 0 Å². The Hall–Kier alpha value is -3.17. The Kier molecular flexibility index (Phi) is 5.46. The molecule has 1 amide bonds. The number of aromatic nitrogens is 1. The van der Waals surface area contributed by atoms with Gasteiger partial charge in [-0.1, -0.05) is 46.9 Å². The maximum Gasteiger partial charge on any atom is 0.287 e. The molecule has 0 bridgehead atoms. The molecule has 11 heteroatoms. The van der Waals surface area contributed by atoms with E-state index >= 15 is 0 Å². The molecule has 1 N–H and O–H groups in total. The fraction of sp³-hybridized carbons (Fsp3) is 0. The van der Waals surface area contributed by atoms with Gasteiger partial charge in [0.15, 0.2) is 5.58 Å². The Labute approximate surface area is 204 Å². The predicted molar refractivity (Wildman–Crippen MR) is 131 cm³/mol. The summed E-state index contributed by atoms with van der Waals surface area (Å²) < 4.78 is 6.12. The van der Waals surface area contributed by atoms with Crippen molar-refractivity contribution in [1.29, 1.82) is 0 Å². The SMILES string of the molecule is O=C(Nc1ccc2oc(-c3cc(Cl)ccc3Cl)nc2c1)c1sc2c([N+](=O)[O-])cccc2c1Cl. The first-order chi connectivity index (χ1) is 15.8. The molecule has 7 nitrogen and oxygen atoms in total. The molecule has 2 heterocycles. The van der Waals surface area contributed by atoms with E-state index in [-0.39, 0.29) is 15.6 Å². The standard InChI is InChI=1S/C22H10Cl3N3O4S/c23-10-4-6-14(24)13(8-10)22-27-15-9-11(5-7-17(15)32-22)26-21(29)20-18(25)12-2-1-3-16(28(30)31)19(12)33-20/h1-9H,(H,26,29). The predicted octanol–water partition coefficient (Wildman–Crippen LogP) is 7.83. The Morgan fingerprint density at radius 2 is 1.91 bits per heavy atom. The summed E-state index contributed by atoms with van der Waals surface area (Å²) in [5, 5.41) is 15.6. The lowest BCUT2D eigenvalue weighted by molar-refractivity contribution is -0.382. The molecule has 5 aromatic rings. The van der Waals surface area contributed by atoms with Crippen LogP contribution in [0.2, 0.25) is 15.1 Å². The molecule has 3 aromatic carbocycles. The number of hydrogen-bond acceptors (Lipinski definition) is 6. The molecule has 0 saturated heterocycles. The molecule has 164 valence electrons. The third-order valence-corrected chi connectivity index (χ3v) is 7.14. The van der Waals surface area contributed by atoms with Gasteiger partial charge in [0, 0.05) is 22.2 Å². The number of carbonyl (C=O) groups is 1. The quantitative estimate of drug-likeness (QED) is 0.193. The molecule has 2 aromatic heterocycles. The largest absolute Gasteiger partial charge is 0.436 e. The van der Waals surface area contributed by atoms with Gasteiger partial charge in [0.05, 0.1) is 20.5 Å². The van der Waals surface area contributed by atoms with E-state index in [0.717, 1.165) is 11.3 Å². The number of thiophene rings is 1. The number of carbonyl (C=O) groups excluding carboxylic acids is 1. The molecule has 0 atom stereocenters. The highest BCUT2D eigenvalue weighted by atomic mass is 35.5. The molecule has 33 heavy (non-hydrogen) atoms. The number of oxazole rings is 1. The van der Waals surface area contributed by atoms with Crippen molar-refractivity contribution in [2.24, 2.45) is 0 Å². The Morgan fingerprint density at radius 3 is 2.70 bits per heavy atom. The number of benzene rings is 3. The summed E-state index contributed by atoms with van der Waals surface area (Å²) in [7, 11) is 0. The van der Waals surface area contributed by atoms with E-state index in [2.05, 4.69) is 10.3 Å². The van der Waals surface area contributed by atoms with Gasteiger partial charge in [-0.05, 0) is 36.4 Å². The van der Waals surface area contributed by atoms with Crippen LogP contribution in [0.1, 0.15) is 9.67 Å². The minimum atomic E-state index is -0.501. The van der Waals surface area contributed by atoms with Crippen molar-refractivity contribution in [2.75, 3.05) is 5.32 Å². The normalized spacial score (nSPS) is 11.2. The van der Waals surface area contributed by atoms with E-state index in [1.165, 1.54) is 12.1 Å². The number of nitrogens with zero attached hydrogens (tertiary/aromatic N) is 2. The van der Waals surface area contributed by atoms with Crippen LogP contribution < -0.4 is 5.32 Å². The topological polar surface area (TPSA) is 98.3 Å². The molecule has 0 saturated carbocycles. The van der Waals surface area contributed by atoms with Crippen LogP contribution in [0, 0.1) is 10.1 Å². The van der Waals surface area contributed by atoms with Gasteiger partial charge in [0.2, 0.25) is 5.89 Å². The van der Waals surface area contributed by atoms with Crippen molar-refractivity contribution in [3.8, 4) is 11.5 Å². The molecule has 0 aliphatic heterocycles. The van der Waals surface area contributed by atoms with E-state index in [0.29, 0.717) is 48.4 Å². The first-order valence-electron chi connectivity index (χ1n) is 9.34. The molecule has 0 spiro atoms. The highest BCUT2D eigenvalue weighted by molar-refractivity contribution is 7.22. The molecule has 0 unspecified atom stereocenters. The lowest BCUT2D eigenvalue weighted by Crippen LogP contribution is -2.10. The van der Waals surface area contributed by atoms with Gasteiger partial charge >= 0.3 is 0 Å². The molecular formula is C22H10Cl3N3O4S. The maximum atomic E-state index is 12.9. The van der Waals surface area contributed by atoms with Crippen molar-refractivity contribution < 1.29 is 14.1 Å². The number of fused-ring (bicyclic) bond motifs is 2. The zero-order chi connectivity index (χ0) is 23.3. The number of nitrogens with one attached hydrogen (secondary N) is 1. The smallest absolute Gasteiger partial charge is 0.287 e. The van der Waals surface area contributed by atoms with Crippen molar-refractivity contribution in [2.45, 2.75) is 0 Å². The minimum Gasteiger partial charge on any atom is -0.436 e. The van der Waals surface area contributed by atoms with Crippen LogP contribution in [0.4, 0.5) is 11.4 Å². The lowest BCUT2D eigenvalue weighted by atomic mass is 10.2. The van der Waals surface area contributed by atoms with Crippen molar-refractivity contribution in [1.82, 2.24) is 4.98 Å². The van der Waals surface area contributed by atoms with Crippen LogP contribution >= 0.6 is 46.1 Å². The monoisotopic (exact) mass is 517 g/mol. The second kappa shape index (κ2) is 8.31. The van der Waals surface area contributed by atoms with E-state index < -0.39 is 10.8 Å². The summed E-state index contributed by atoms with van der Waals surface area (Å²) in [5.41, 5.74) is 1.89. The zero-order valence-corrected chi connectivity index (χ0v) is 19.3. The molecule has 0 aliphatic carbocycles. The van der Waals surface area contributed by atoms with Gasteiger partial charge in [0.1, 0.15) is 15.1 Å². The van der Waals surface area contributed by atoms with Crippen LogP contribution in [0.15, 0.2) is 59.0 Å². The lowest BCUT2D eigenvalue weighted by Gasteiger charge is -2.03. The number of nitro groups is 1. The third kappa shape index (κ3) is 3.91. The average Bonchev–Trinajstić information content (AvgIpc) is 3.36. The number of nitro benzene ring substituents is 1. The second-order valence-electron chi connectivity index (χ2n) is 6.94. The molecule has 5 rings (SSSR count). The maximum absolute atomic E-state index is 12.9. The van der Waals surface area contributed by atoms with Gasteiger partial charge in [-0.3, -0.25) is 14.9 Å². The first-order valence-corrected chi connectivity index (χ1v) is 11.3. The molecule has 0 aliphatic rings. The van der Waals surface area contributed by atoms with Gasteiger partial charge < -0.3 is 9.73 Å². The number of amides is 1. The third-order valence-electron chi connectivity index (χ3n) is 4.84. The summed E-state index contributed by atoms with van der Waals surface area (Å²) in [6.07, 6.45) is 0. The molecular weight excluding hydrogens is 509 g/mol. The minimum absolute atomic E-state index is 0.102. The zero-order valence-electron chi connectivity index (χ0n) is 16.3. The summed E-state index contributed by atoms with van der Waals surface area (Å²) in [5.74, 6) is -0.197. The fourth-order valence-corrected chi connectivity index (χ4v) is 5.19. The van der Waals surface area contributed by atoms with Gasteiger partial charge in [-0.2, -0.15) is 0 Å². The summed E-state index contributed by atoms with van der Waals surface area (Å²) >= 11 is 19.6. The number of hydrogen-bond donors (Lipinski definition) is 1. The molecule has 0 fully saturated rings. The van der Waals surface area contributed by atoms with Crippen LogP contribution in [0.3, 0.4) is 0 Å². The van der Waals surface area contributed by atoms with Crippen LogP contribution in [-0.4, -0.2) is 15.8 Å². The van der Waals surface area contributed by atoms with E-state index in [1.54, 1.807) is 42.5 Å². The Morgan fingerprint density at radius 1 is 1.09 bits per heavy atom. The second-order valence-corrected chi connectivity index (χ2v) is 9.18. The van der Waals surface area contributed by atoms with E-state index in [9.17, 15) is 14.9 Å². The van der Waals surface area contributed by atoms with Crippen LogP contribution in [0.5, 0.6) is 0 Å². The van der Waals surface area contributed by atoms with Gasteiger partial charge in [-0.25, -0.2) is 4.98 Å². The highest BCUT2D eigenvalue weighted by Gasteiger charge is 2.23. The number of halogens is 3.